The lowest BCUT2D eigenvalue weighted by molar-refractivity contribution is -0.117. The van der Waals surface area contributed by atoms with Gasteiger partial charge in [0.25, 0.3) is 5.91 Å². The molecule has 2 aromatic carbocycles. The van der Waals surface area contributed by atoms with Crippen LogP contribution in [-0.2, 0) is 4.79 Å². The Labute approximate surface area is 166 Å². The topological polar surface area (TPSA) is 58.6 Å². The van der Waals surface area contributed by atoms with Crippen LogP contribution in [0.15, 0.2) is 30.3 Å². The summed E-state index contributed by atoms with van der Waals surface area (Å²) in [5, 5.41) is 2.99. The smallest absolute Gasteiger partial charge is 0.255 e. The molecule has 1 saturated heterocycles. The van der Waals surface area contributed by atoms with E-state index in [9.17, 15) is 9.59 Å². The highest BCUT2D eigenvalue weighted by atomic mass is 16.5. The molecule has 1 aliphatic rings. The second-order valence-electron chi connectivity index (χ2n) is 7.67. The van der Waals surface area contributed by atoms with Crippen LogP contribution in [0, 0.1) is 13.8 Å². The molecular formula is C23H28N2O3. The predicted molar refractivity (Wildman–Crippen MR) is 113 cm³/mol. The number of nitrogens with zero attached hydrogens (tertiary/aromatic N) is 1. The zero-order valence-corrected chi connectivity index (χ0v) is 17.3. The van der Waals surface area contributed by atoms with Crippen LogP contribution >= 0.6 is 0 Å². The van der Waals surface area contributed by atoms with Gasteiger partial charge in [-0.05, 0) is 67.1 Å². The molecule has 2 aromatic rings. The van der Waals surface area contributed by atoms with E-state index in [1.807, 2.05) is 44.2 Å². The van der Waals surface area contributed by atoms with Crippen LogP contribution in [-0.4, -0.2) is 25.5 Å². The minimum atomic E-state index is -0.162. The highest BCUT2D eigenvalue weighted by Gasteiger charge is 2.23. The van der Waals surface area contributed by atoms with Crippen molar-refractivity contribution >= 4 is 23.2 Å². The van der Waals surface area contributed by atoms with E-state index >= 15 is 0 Å². The molecule has 0 atom stereocenters. The number of hydrogen-bond donors (Lipinski definition) is 1. The third-order valence-electron chi connectivity index (χ3n) is 5.27. The predicted octanol–water partition coefficient (Wildman–Crippen LogP) is 4.81. The second-order valence-corrected chi connectivity index (χ2v) is 7.67. The molecule has 1 N–H and O–H groups in total. The van der Waals surface area contributed by atoms with Crippen LogP contribution in [0.3, 0.4) is 0 Å². The van der Waals surface area contributed by atoms with Crippen LogP contribution in [0.2, 0.25) is 0 Å². The maximum atomic E-state index is 13.0. The molecule has 0 aromatic heterocycles. The SMILES string of the molecule is COc1cc(C)c(C(=O)Nc2ccc(C)c(N3CCCC3=O)c2)cc1C(C)C. The van der Waals surface area contributed by atoms with Gasteiger partial charge in [0, 0.05) is 29.9 Å². The largest absolute Gasteiger partial charge is 0.496 e. The summed E-state index contributed by atoms with van der Waals surface area (Å²) in [7, 11) is 1.65. The highest BCUT2D eigenvalue weighted by molar-refractivity contribution is 6.06. The first-order valence-corrected chi connectivity index (χ1v) is 9.72. The summed E-state index contributed by atoms with van der Waals surface area (Å²) >= 11 is 0. The minimum Gasteiger partial charge on any atom is -0.496 e. The lowest BCUT2D eigenvalue weighted by Gasteiger charge is -2.20. The van der Waals surface area contributed by atoms with Gasteiger partial charge in [0.2, 0.25) is 5.91 Å². The van der Waals surface area contributed by atoms with Crippen LogP contribution in [0.4, 0.5) is 11.4 Å². The van der Waals surface area contributed by atoms with Crippen molar-refractivity contribution < 1.29 is 14.3 Å². The van der Waals surface area contributed by atoms with Crippen LogP contribution in [0.25, 0.3) is 0 Å². The Morgan fingerprint density at radius 1 is 1.14 bits per heavy atom. The van der Waals surface area contributed by atoms with Gasteiger partial charge in [0.05, 0.1) is 7.11 Å². The van der Waals surface area contributed by atoms with Crippen molar-refractivity contribution in [2.45, 2.75) is 46.5 Å². The Balaban J connectivity index is 1.89. The first-order valence-electron chi connectivity index (χ1n) is 9.72. The van der Waals surface area contributed by atoms with E-state index in [0.29, 0.717) is 17.7 Å². The van der Waals surface area contributed by atoms with E-state index in [0.717, 1.165) is 41.1 Å². The van der Waals surface area contributed by atoms with Gasteiger partial charge in [-0.25, -0.2) is 0 Å². The molecule has 5 heteroatoms. The molecule has 5 nitrogen and oxygen atoms in total. The number of hydrogen-bond acceptors (Lipinski definition) is 3. The minimum absolute atomic E-state index is 0.138. The fourth-order valence-corrected chi connectivity index (χ4v) is 3.65. The quantitative estimate of drug-likeness (QED) is 0.809. The molecule has 1 fully saturated rings. The maximum Gasteiger partial charge on any atom is 0.255 e. The number of rotatable bonds is 5. The van der Waals surface area contributed by atoms with Gasteiger partial charge in [0.1, 0.15) is 5.75 Å². The summed E-state index contributed by atoms with van der Waals surface area (Å²) in [4.78, 5) is 26.9. The highest BCUT2D eigenvalue weighted by Crippen LogP contribution is 2.31. The molecule has 2 amide bonds. The fourth-order valence-electron chi connectivity index (χ4n) is 3.65. The summed E-state index contributed by atoms with van der Waals surface area (Å²) in [6.07, 6.45) is 1.46. The van der Waals surface area contributed by atoms with E-state index in [4.69, 9.17) is 4.74 Å². The normalized spacial score (nSPS) is 13.9. The van der Waals surface area contributed by atoms with Crippen LogP contribution in [0.1, 0.15) is 59.7 Å². The zero-order chi connectivity index (χ0) is 20.4. The number of anilines is 2. The standard InChI is InChI=1S/C23H28N2O3/c1-14(2)18-13-19(16(4)11-21(18)28-5)23(27)24-17-9-8-15(3)20(12-17)25-10-6-7-22(25)26/h8-9,11-14H,6-7,10H2,1-5H3,(H,24,27). The number of nitrogens with one attached hydrogen (secondary N) is 1. The van der Waals surface area contributed by atoms with Crippen LogP contribution < -0.4 is 15.0 Å². The Hall–Kier alpha value is -2.82. The molecule has 1 heterocycles. The molecule has 0 unspecified atom stereocenters. The lowest BCUT2D eigenvalue weighted by Crippen LogP contribution is -2.24. The average molecular weight is 380 g/mol. The molecule has 0 saturated carbocycles. The molecule has 1 aliphatic heterocycles. The number of amides is 2. The van der Waals surface area contributed by atoms with Crippen molar-refractivity contribution in [2.75, 3.05) is 23.9 Å². The number of ether oxygens (including phenoxy) is 1. The Bertz CT molecular complexity index is 918. The van der Waals surface area contributed by atoms with E-state index in [1.165, 1.54) is 0 Å². The summed E-state index contributed by atoms with van der Waals surface area (Å²) in [5.41, 5.74) is 5.08. The molecule has 0 radical (unpaired) electrons. The first-order chi connectivity index (χ1) is 13.3. The van der Waals surface area contributed by atoms with Crippen molar-refractivity contribution in [2.24, 2.45) is 0 Å². The van der Waals surface area contributed by atoms with E-state index in [-0.39, 0.29) is 17.7 Å². The molecule has 0 spiro atoms. The number of methoxy groups -OCH3 is 1. The summed E-state index contributed by atoms with van der Waals surface area (Å²) in [6.45, 7) is 8.77. The van der Waals surface area contributed by atoms with Crippen molar-refractivity contribution in [3.63, 3.8) is 0 Å². The Morgan fingerprint density at radius 3 is 2.50 bits per heavy atom. The molecule has 0 aliphatic carbocycles. The molecule has 0 bridgehead atoms. The molecule has 3 rings (SSSR count). The summed E-state index contributed by atoms with van der Waals surface area (Å²) < 4.78 is 5.47. The van der Waals surface area contributed by atoms with Gasteiger partial charge in [0.15, 0.2) is 0 Å². The molecular weight excluding hydrogens is 352 g/mol. The van der Waals surface area contributed by atoms with Gasteiger partial charge < -0.3 is 15.0 Å². The molecule has 28 heavy (non-hydrogen) atoms. The van der Waals surface area contributed by atoms with Gasteiger partial charge in [-0.3, -0.25) is 9.59 Å². The van der Waals surface area contributed by atoms with Crippen molar-refractivity contribution in [1.82, 2.24) is 0 Å². The van der Waals surface area contributed by atoms with Crippen molar-refractivity contribution in [3.8, 4) is 5.75 Å². The van der Waals surface area contributed by atoms with Gasteiger partial charge in [-0.15, -0.1) is 0 Å². The summed E-state index contributed by atoms with van der Waals surface area (Å²) in [6, 6.07) is 9.52. The number of carbonyl (C=O) groups is 2. The third kappa shape index (κ3) is 3.88. The molecule has 148 valence electrons. The lowest BCUT2D eigenvalue weighted by atomic mass is 9.96. The first kappa shape index (κ1) is 19.9. The number of benzene rings is 2. The van der Waals surface area contributed by atoms with Crippen LogP contribution in [0.5, 0.6) is 5.75 Å². The Kier molecular flexibility index (Phi) is 5.73. The van der Waals surface area contributed by atoms with E-state index in [2.05, 4.69) is 19.2 Å². The van der Waals surface area contributed by atoms with Crippen molar-refractivity contribution in [1.29, 1.82) is 0 Å². The van der Waals surface area contributed by atoms with Gasteiger partial charge in [-0.2, -0.15) is 0 Å². The van der Waals surface area contributed by atoms with Gasteiger partial charge in [-0.1, -0.05) is 19.9 Å². The number of aryl methyl sites for hydroxylation is 2. The van der Waals surface area contributed by atoms with Crippen molar-refractivity contribution in [3.05, 3.63) is 52.6 Å². The fraction of sp³-hybridized carbons (Fsp3) is 0.391. The zero-order valence-electron chi connectivity index (χ0n) is 17.3. The maximum absolute atomic E-state index is 13.0. The van der Waals surface area contributed by atoms with E-state index in [1.54, 1.807) is 12.0 Å². The second kappa shape index (κ2) is 8.05. The van der Waals surface area contributed by atoms with Gasteiger partial charge >= 0.3 is 0 Å². The summed E-state index contributed by atoms with van der Waals surface area (Å²) in [5.74, 6) is 1.02. The number of carbonyl (C=O) groups excluding carboxylic acids is 2. The average Bonchev–Trinajstić information content (AvgIpc) is 3.08. The third-order valence-corrected chi connectivity index (χ3v) is 5.27. The Morgan fingerprint density at radius 2 is 1.89 bits per heavy atom. The monoisotopic (exact) mass is 380 g/mol. The van der Waals surface area contributed by atoms with E-state index < -0.39 is 0 Å².